The fourth-order valence-electron chi connectivity index (χ4n) is 3.22. The average molecular weight is 423 g/mol. The molecule has 0 aromatic carbocycles. The second-order valence-corrected chi connectivity index (χ2v) is 9.35. The molecule has 3 heterocycles. The van der Waals surface area contributed by atoms with Crippen molar-refractivity contribution in [3.05, 3.63) is 34.7 Å². The van der Waals surface area contributed by atoms with E-state index in [-0.39, 0.29) is 11.6 Å². The van der Waals surface area contributed by atoms with Gasteiger partial charge in [-0.15, -0.1) is 0 Å². The summed E-state index contributed by atoms with van der Waals surface area (Å²) in [6.45, 7) is 6.18. The third kappa shape index (κ3) is 5.67. The number of nitrogens with one attached hydrogen (secondary N) is 3. The molecule has 0 atom stereocenters. The Morgan fingerprint density at radius 3 is 2.59 bits per heavy atom. The van der Waals surface area contributed by atoms with Crippen LogP contribution in [-0.2, 0) is 14.9 Å². The molecule has 0 aliphatic carbocycles. The van der Waals surface area contributed by atoms with Gasteiger partial charge in [0.1, 0.15) is 11.2 Å². The summed E-state index contributed by atoms with van der Waals surface area (Å²) in [6.07, 6.45) is 1.73. The second-order valence-electron chi connectivity index (χ2n) is 7.90. The van der Waals surface area contributed by atoms with Crippen molar-refractivity contribution in [1.82, 2.24) is 19.4 Å². The quantitative estimate of drug-likeness (QED) is 0.674. The van der Waals surface area contributed by atoms with E-state index >= 15 is 0 Å². The molecule has 3 N–H and O–H groups in total. The van der Waals surface area contributed by atoms with Crippen molar-refractivity contribution >= 4 is 33.0 Å². The van der Waals surface area contributed by atoms with Crippen molar-refractivity contribution in [2.75, 3.05) is 18.0 Å². The Kier molecular flexibility index (Phi) is 5.80. The smallest absolute Gasteiger partial charge is 0.422 e. The second kappa shape index (κ2) is 7.99. The Morgan fingerprint density at radius 2 is 1.93 bits per heavy atom. The van der Waals surface area contributed by atoms with Crippen LogP contribution in [0.1, 0.15) is 33.6 Å². The maximum absolute atomic E-state index is 12.2. The number of fused-ring (bicyclic) bond motifs is 1. The van der Waals surface area contributed by atoms with Crippen LogP contribution in [0.5, 0.6) is 0 Å². The van der Waals surface area contributed by atoms with Crippen LogP contribution in [0.2, 0.25) is 0 Å². The first-order chi connectivity index (χ1) is 13.5. The molecule has 158 valence electrons. The summed E-state index contributed by atoms with van der Waals surface area (Å²) >= 11 is 0. The first kappa shape index (κ1) is 21.1. The van der Waals surface area contributed by atoms with E-state index in [4.69, 9.17) is 4.74 Å². The summed E-state index contributed by atoms with van der Waals surface area (Å²) in [6, 6.07) is 4.75. The van der Waals surface area contributed by atoms with Gasteiger partial charge in [-0.05, 0) is 45.7 Å². The van der Waals surface area contributed by atoms with Crippen LogP contribution in [0.25, 0.3) is 11.0 Å². The van der Waals surface area contributed by atoms with Gasteiger partial charge in [0.05, 0.1) is 0 Å². The first-order valence-electron chi connectivity index (χ1n) is 9.28. The maximum Gasteiger partial charge on any atom is 0.422 e. The van der Waals surface area contributed by atoms with E-state index in [0.717, 1.165) is 11.1 Å². The van der Waals surface area contributed by atoms with Gasteiger partial charge < -0.3 is 14.6 Å². The highest BCUT2D eigenvalue weighted by Gasteiger charge is 2.27. The van der Waals surface area contributed by atoms with Gasteiger partial charge in [0.15, 0.2) is 0 Å². The summed E-state index contributed by atoms with van der Waals surface area (Å²) in [5, 5.41) is 0.831. The highest BCUT2D eigenvalue weighted by atomic mass is 32.2. The number of hydrogen-bond donors (Lipinski definition) is 3. The average Bonchev–Trinajstić information content (AvgIpc) is 2.59. The minimum atomic E-state index is -4.02. The van der Waals surface area contributed by atoms with Gasteiger partial charge in [-0.2, -0.15) is 13.1 Å². The van der Waals surface area contributed by atoms with Gasteiger partial charge in [-0.3, -0.25) is 4.79 Å². The minimum absolute atomic E-state index is 0.215. The molecule has 0 spiro atoms. The molecule has 11 heteroatoms. The molecule has 0 saturated carbocycles. The Hall–Kier alpha value is -2.66. The number of rotatable bonds is 4. The number of carbonyl (C=O) groups excluding carboxylic acids is 1. The molecular weight excluding hydrogens is 398 g/mol. The Labute approximate surface area is 168 Å². The predicted octanol–water partition coefficient (Wildman–Crippen LogP) is 1.25. The molecule has 1 fully saturated rings. The van der Waals surface area contributed by atoms with E-state index in [9.17, 15) is 18.0 Å². The molecule has 1 amide bonds. The number of piperidine rings is 1. The number of aromatic nitrogens is 2. The molecule has 29 heavy (non-hydrogen) atoms. The number of nitrogens with zero attached hydrogens (tertiary/aromatic N) is 2. The highest BCUT2D eigenvalue weighted by molar-refractivity contribution is 7.88. The molecule has 0 unspecified atom stereocenters. The molecule has 1 aliphatic heterocycles. The Morgan fingerprint density at radius 1 is 1.24 bits per heavy atom. The molecule has 10 nitrogen and oxygen atoms in total. The number of anilines is 1. The SMILES string of the molecule is CC(C)(C)OC(=O)NS(=O)(=O)NC1CCN(c2ccnc3[nH]c(=O)ccc23)CC1. The number of hydrogen-bond acceptors (Lipinski definition) is 7. The van der Waals surface area contributed by atoms with Gasteiger partial charge >= 0.3 is 16.3 Å². The number of H-pyrrole nitrogens is 1. The van der Waals surface area contributed by atoms with E-state index in [1.54, 1.807) is 33.0 Å². The maximum atomic E-state index is 12.2. The normalized spacial score (nSPS) is 16.0. The molecule has 2 aromatic rings. The van der Waals surface area contributed by atoms with Gasteiger partial charge in [-0.1, -0.05) is 0 Å². The lowest BCUT2D eigenvalue weighted by atomic mass is 10.0. The van der Waals surface area contributed by atoms with Gasteiger partial charge in [0, 0.05) is 42.5 Å². The fourth-order valence-corrected chi connectivity index (χ4v) is 4.21. The number of carbonyl (C=O) groups is 1. The molecule has 1 saturated heterocycles. The van der Waals surface area contributed by atoms with E-state index in [2.05, 4.69) is 19.6 Å². The van der Waals surface area contributed by atoms with Crippen molar-refractivity contribution in [3.63, 3.8) is 0 Å². The van der Waals surface area contributed by atoms with Gasteiger partial charge in [0.25, 0.3) is 0 Å². The monoisotopic (exact) mass is 423 g/mol. The zero-order valence-electron chi connectivity index (χ0n) is 16.6. The van der Waals surface area contributed by atoms with Crippen LogP contribution < -0.4 is 19.9 Å². The topological polar surface area (TPSA) is 133 Å². The van der Waals surface area contributed by atoms with E-state index in [1.165, 1.54) is 6.07 Å². The largest absolute Gasteiger partial charge is 0.443 e. The number of ether oxygens (including phenoxy) is 1. The zero-order chi connectivity index (χ0) is 21.2. The fraction of sp³-hybridized carbons (Fsp3) is 0.500. The van der Waals surface area contributed by atoms with Crippen LogP contribution in [0, 0.1) is 0 Å². The van der Waals surface area contributed by atoms with Crippen molar-refractivity contribution in [2.24, 2.45) is 0 Å². The predicted molar refractivity (Wildman–Crippen MR) is 109 cm³/mol. The van der Waals surface area contributed by atoms with E-state index in [1.807, 2.05) is 10.8 Å². The molecule has 0 radical (unpaired) electrons. The van der Waals surface area contributed by atoms with Crippen LogP contribution in [-0.4, -0.2) is 49.2 Å². The first-order valence-corrected chi connectivity index (χ1v) is 10.8. The number of amides is 1. The van der Waals surface area contributed by atoms with E-state index < -0.39 is 21.9 Å². The van der Waals surface area contributed by atoms with Crippen LogP contribution in [0.3, 0.4) is 0 Å². The summed E-state index contributed by atoms with van der Waals surface area (Å²) < 4.78 is 33.7. The van der Waals surface area contributed by atoms with Crippen molar-refractivity contribution in [1.29, 1.82) is 0 Å². The number of aromatic amines is 1. The Balaban J connectivity index is 1.61. The third-order valence-corrected chi connectivity index (χ3v) is 5.46. The summed E-state index contributed by atoms with van der Waals surface area (Å²) in [4.78, 5) is 32.2. The van der Waals surface area contributed by atoms with Crippen LogP contribution in [0.15, 0.2) is 29.2 Å². The molecule has 3 rings (SSSR count). The van der Waals surface area contributed by atoms with Crippen LogP contribution >= 0.6 is 0 Å². The van der Waals surface area contributed by atoms with Crippen LogP contribution in [0.4, 0.5) is 10.5 Å². The summed E-state index contributed by atoms with van der Waals surface area (Å²) in [5.74, 6) is 0. The standard InChI is InChI=1S/C18H25N5O5S/c1-18(2,3)28-17(25)22-29(26,27)21-12-7-10-23(11-8-12)14-6-9-19-16-13(14)4-5-15(24)20-16/h4-6,9,12,21H,7-8,10-11H2,1-3H3,(H,22,25)(H,19,20,24). The van der Waals surface area contributed by atoms with Gasteiger partial charge in [0.2, 0.25) is 5.56 Å². The number of pyridine rings is 2. The summed E-state index contributed by atoms with van der Waals surface area (Å²) in [5.41, 5.74) is 0.439. The van der Waals surface area contributed by atoms with Crippen molar-refractivity contribution < 1.29 is 17.9 Å². The molecular formula is C18H25N5O5S. The molecule has 2 aromatic heterocycles. The zero-order valence-corrected chi connectivity index (χ0v) is 17.4. The minimum Gasteiger partial charge on any atom is -0.443 e. The lowest BCUT2D eigenvalue weighted by Gasteiger charge is -2.34. The van der Waals surface area contributed by atoms with Crippen molar-refractivity contribution in [2.45, 2.75) is 45.3 Å². The van der Waals surface area contributed by atoms with E-state index in [0.29, 0.717) is 31.6 Å². The van der Waals surface area contributed by atoms with Gasteiger partial charge in [-0.25, -0.2) is 14.5 Å². The highest BCUT2D eigenvalue weighted by Crippen LogP contribution is 2.26. The summed E-state index contributed by atoms with van der Waals surface area (Å²) in [7, 11) is -4.02. The lowest BCUT2D eigenvalue weighted by molar-refractivity contribution is 0.0569. The van der Waals surface area contributed by atoms with Crippen molar-refractivity contribution in [3.8, 4) is 0 Å². The lowest BCUT2D eigenvalue weighted by Crippen LogP contribution is -2.50. The molecule has 1 aliphatic rings. The third-order valence-electron chi connectivity index (χ3n) is 4.38. The molecule has 0 bridgehead atoms. The Bertz CT molecular complexity index is 1050.